The Morgan fingerprint density at radius 3 is 2.53 bits per heavy atom. The van der Waals surface area contributed by atoms with Crippen LogP contribution in [0.25, 0.3) is 0 Å². The van der Waals surface area contributed by atoms with Gasteiger partial charge in [-0.05, 0) is 25.8 Å². The molecule has 1 fully saturated rings. The van der Waals surface area contributed by atoms with Crippen LogP contribution < -0.4 is 0 Å². The van der Waals surface area contributed by atoms with Crippen molar-refractivity contribution in [2.24, 2.45) is 5.92 Å². The third-order valence-corrected chi connectivity index (χ3v) is 3.26. The molecular weight excluding hydrogens is 184 g/mol. The van der Waals surface area contributed by atoms with Gasteiger partial charge >= 0.3 is 0 Å². The quantitative estimate of drug-likeness (QED) is 0.664. The summed E-state index contributed by atoms with van der Waals surface area (Å²) >= 11 is 0. The Morgan fingerprint density at radius 2 is 2.00 bits per heavy atom. The van der Waals surface area contributed by atoms with E-state index < -0.39 is 0 Å². The third kappa shape index (κ3) is 1.98. The lowest BCUT2D eigenvalue weighted by Crippen LogP contribution is -2.25. The molecule has 15 heavy (non-hydrogen) atoms. The largest absolute Gasteiger partial charge is 0.367 e. The molecule has 1 heterocycles. The Hall–Kier alpha value is -1.08. The van der Waals surface area contributed by atoms with Gasteiger partial charge in [0.15, 0.2) is 0 Å². The molecule has 1 aliphatic heterocycles. The van der Waals surface area contributed by atoms with Crippen molar-refractivity contribution in [3.05, 3.63) is 48.6 Å². The first-order chi connectivity index (χ1) is 7.13. The minimum absolute atomic E-state index is 0.0811. The molecule has 2 rings (SSSR count). The van der Waals surface area contributed by atoms with Crippen LogP contribution in [0.4, 0.5) is 0 Å². The van der Waals surface area contributed by atoms with Crippen LogP contribution in [0.1, 0.15) is 31.9 Å². The monoisotopic (exact) mass is 202 g/mol. The Bertz CT molecular complexity index is 340. The highest BCUT2D eigenvalue weighted by Crippen LogP contribution is 2.43. The summed E-state index contributed by atoms with van der Waals surface area (Å²) in [5.41, 5.74) is 1.19. The average Bonchev–Trinajstić information content (AvgIpc) is 2.55. The molecule has 1 aliphatic rings. The molecule has 0 N–H and O–H groups in total. The van der Waals surface area contributed by atoms with Crippen molar-refractivity contribution in [1.82, 2.24) is 0 Å². The molecule has 80 valence electrons. The van der Waals surface area contributed by atoms with E-state index in [0.29, 0.717) is 5.92 Å². The molecule has 0 radical (unpaired) electrons. The lowest BCUT2D eigenvalue weighted by Gasteiger charge is -2.23. The van der Waals surface area contributed by atoms with Gasteiger partial charge in [-0.3, -0.25) is 0 Å². The molecule has 1 heteroatoms. The SMILES string of the molecule is C=CC1CC(c2ccccc2)OC1(C)C. The summed E-state index contributed by atoms with van der Waals surface area (Å²) in [6.45, 7) is 8.17. The summed E-state index contributed by atoms with van der Waals surface area (Å²) in [5.74, 6) is 0.447. The highest BCUT2D eigenvalue weighted by Gasteiger charge is 2.40. The lowest BCUT2D eigenvalue weighted by molar-refractivity contribution is -0.0262. The number of hydrogen-bond acceptors (Lipinski definition) is 1. The summed E-state index contributed by atoms with van der Waals surface area (Å²) in [6, 6.07) is 10.4. The van der Waals surface area contributed by atoms with Crippen LogP contribution >= 0.6 is 0 Å². The van der Waals surface area contributed by atoms with Gasteiger partial charge in [0.25, 0.3) is 0 Å². The van der Waals surface area contributed by atoms with Gasteiger partial charge in [-0.2, -0.15) is 0 Å². The average molecular weight is 202 g/mol. The molecule has 1 aromatic rings. The molecule has 0 aliphatic carbocycles. The molecule has 0 amide bonds. The summed E-state index contributed by atoms with van der Waals surface area (Å²) in [7, 11) is 0. The van der Waals surface area contributed by atoms with E-state index in [2.05, 4.69) is 44.7 Å². The van der Waals surface area contributed by atoms with Crippen LogP contribution in [-0.2, 0) is 4.74 Å². The minimum Gasteiger partial charge on any atom is -0.367 e. The molecule has 1 nitrogen and oxygen atoms in total. The van der Waals surface area contributed by atoms with Gasteiger partial charge in [-0.25, -0.2) is 0 Å². The van der Waals surface area contributed by atoms with E-state index in [-0.39, 0.29) is 11.7 Å². The molecule has 1 aromatic carbocycles. The third-order valence-electron chi connectivity index (χ3n) is 3.26. The van der Waals surface area contributed by atoms with Crippen molar-refractivity contribution < 1.29 is 4.74 Å². The van der Waals surface area contributed by atoms with Crippen molar-refractivity contribution >= 4 is 0 Å². The topological polar surface area (TPSA) is 9.23 Å². The predicted octanol–water partition coefficient (Wildman–Crippen LogP) is 3.73. The molecule has 0 spiro atoms. The van der Waals surface area contributed by atoms with Crippen LogP contribution in [0.15, 0.2) is 43.0 Å². The first-order valence-electron chi connectivity index (χ1n) is 5.49. The number of rotatable bonds is 2. The highest BCUT2D eigenvalue weighted by atomic mass is 16.5. The van der Waals surface area contributed by atoms with E-state index in [1.165, 1.54) is 5.56 Å². The van der Waals surface area contributed by atoms with Gasteiger partial charge in [0.2, 0.25) is 0 Å². The molecular formula is C14H18O. The fourth-order valence-corrected chi connectivity index (χ4v) is 2.27. The number of benzene rings is 1. The molecule has 0 bridgehead atoms. The van der Waals surface area contributed by atoms with E-state index in [4.69, 9.17) is 4.74 Å². The predicted molar refractivity (Wildman–Crippen MR) is 62.7 cm³/mol. The van der Waals surface area contributed by atoms with E-state index in [1.54, 1.807) is 0 Å². The van der Waals surface area contributed by atoms with Crippen molar-refractivity contribution in [2.75, 3.05) is 0 Å². The second-order valence-corrected chi connectivity index (χ2v) is 4.70. The smallest absolute Gasteiger partial charge is 0.0839 e. The zero-order chi connectivity index (χ0) is 10.9. The Kier molecular flexibility index (Phi) is 2.66. The van der Waals surface area contributed by atoms with Crippen molar-refractivity contribution in [3.8, 4) is 0 Å². The van der Waals surface area contributed by atoms with Crippen molar-refractivity contribution in [3.63, 3.8) is 0 Å². The Morgan fingerprint density at radius 1 is 1.33 bits per heavy atom. The van der Waals surface area contributed by atoms with Crippen LogP contribution in [0.2, 0.25) is 0 Å². The van der Waals surface area contributed by atoms with Gasteiger partial charge < -0.3 is 4.74 Å². The van der Waals surface area contributed by atoms with Crippen LogP contribution in [0.3, 0.4) is 0 Å². The fourth-order valence-electron chi connectivity index (χ4n) is 2.27. The van der Waals surface area contributed by atoms with E-state index >= 15 is 0 Å². The molecule has 0 saturated carbocycles. The lowest BCUT2D eigenvalue weighted by atomic mass is 9.89. The molecule has 2 unspecified atom stereocenters. The minimum atomic E-state index is -0.0811. The first kappa shape index (κ1) is 10.4. The summed E-state index contributed by atoms with van der Waals surface area (Å²) in [5, 5.41) is 0. The fraction of sp³-hybridized carbons (Fsp3) is 0.429. The zero-order valence-electron chi connectivity index (χ0n) is 9.44. The van der Waals surface area contributed by atoms with E-state index in [0.717, 1.165) is 6.42 Å². The van der Waals surface area contributed by atoms with Gasteiger partial charge in [-0.1, -0.05) is 36.4 Å². The van der Waals surface area contributed by atoms with E-state index in [1.807, 2.05) is 12.1 Å². The van der Waals surface area contributed by atoms with Crippen molar-refractivity contribution in [1.29, 1.82) is 0 Å². The standard InChI is InChI=1S/C14H18O/c1-4-12-10-13(15-14(12,2)3)11-8-6-5-7-9-11/h4-9,12-13H,1,10H2,2-3H3. The van der Waals surface area contributed by atoms with Gasteiger partial charge in [0.1, 0.15) is 0 Å². The maximum absolute atomic E-state index is 6.07. The van der Waals surface area contributed by atoms with Crippen LogP contribution in [0, 0.1) is 5.92 Å². The van der Waals surface area contributed by atoms with Gasteiger partial charge in [0.05, 0.1) is 11.7 Å². The van der Waals surface area contributed by atoms with Crippen molar-refractivity contribution in [2.45, 2.75) is 32.0 Å². The summed E-state index contributed by atoms with van der Waals surface area (Å²) in [6.07, 6.45) is 3.29. The summed E-state index contributed by atoms with van der Waals surface area (Å²) < 4.78 is 6.07. The van der Waals surface area contributed by atoms with E-state index in [9.17, 15) is 0 Å². The number of hydrogen-bond donors (Lipinski definition) is 0. The summed E-state index contributed by atoms with van der Waals surface area (Å²) in [4.78, 5) is 0. The second-order valence-electron chi connectivity index (χ2n) is 4.70. The van der Waals surface area contributed by atoms with Crippen LogP contribution in [-0.4, -0.2) is 5.60 Å². The highest BCUT2D eigenvalue weighted by molar-refractivity contribution is 5.20. The molecule has 0 aromatic heterocycles. The first-order valence-corrected chi connectivity index (χ1v) is 5.49. The molecule has 1 saturated heterocycles. The molecule has 2 atom stereocenters. The Labute approximate surface area is 91.8 Å². The normalized spacial score (nSPS) is 28.9. The second kappa shape index (κ2) is 3.82. The number of ether oxygens (including phenoxy) is 1. The van der Waals surface area contributed by atoms with Crippen LogP contribution in [0.5, 0.6) is 0 Å². The van der Waals surface area contributed by atoms with Gasteiger partial charge in [0, 0.05) is 5.92 Å². The van der Waals surface area contributed by atoms with Gasteiger partial charge in [-0.15, -0.1) is 6.58 Å². The zero-order valence-corrected chi connectivity index (χ0v) is 9.44. The maximum Gasteiger partial charge on any atom is 0.0839 e. The Balaban J connectivity index is 2.19. The maximum atomic E-state index is 6.07.